The molecule has 0 amide bonds. The predicted molar refractivity (Wildman–Crippen MR) is 88.0 cm³/mol. The van der Waals surface area contributed by atoms with Crippen LogP contribution >= 0.6 is 0 Å². The van der Waals surface area contributed by atoms with Gasteiger partial charge in [0.25, 0.3) is 0 Å². The zero-order valence-electron chi connectivity index (χ0n) is 14.4. The van der Waals surface area contributed by atoms with E-state index in [1.807, 2.05) is 13.8 Å². The number of hydrogen-bond donors (Lipinski definition) is 1. The Kier molecular flexibility index (Phi) is 4.14. The van der Waals surface area contributed by atoms with E-state index in [0.717, 1.165) is 18.6 Å². The number of benzene rings is 1. The first-order valence-electron chi connectivity index (χ1n) is 7.99. The van der Waals surface area contributed by atoms with Crippen LogP contribution in [0.2, 0.25) is 0 Å². The van der Waals surface area contributed by atoms with E-state index < -0.39 is 5.60 Å². The molecule has 1 saturated carbocycles. The molecule has 21 heavy (non-hydrogen) atoms. The molecule has 0 aromatic heterocycles. The Labute approximate surface area is 129 Å². The van der Waals surface area contributed by atoms with Gasteiger partial charge in [0.2, 0.25) is 0 Å². The van der Waals surface area contributed by atoms with Crippen LogP contribution in [0.5, 0.6) is 5.75 Å². The summed E-state index contributed by atoms with van der Waals surface area (Å²) in [7, 11) is 1.74. The van der Waals surface area contributed by atoms with Crippen LogP contribution in [-0.4, -0.2) is 17.8 Å². The van der Waals surface area contributed by atoms with Crippen molar-refractivity contribution in [1.29, 1.82) is 0 Å². The van der Waals surface area contributed by atoms with Gasteiger partial charge in [-0.2, -0.15) is 0 Å². The van der Waals surface area contributed by atoms with E-state index in [1.54, 1.807) is 7.11 Å². The molecule has 0 radical (unpaired) electrons. The Morgan fingerprint density at radius 3 is 2.38 bits per heavy atom. The monoisotopic (exact) mass is 290 g/mol. The molecule has 1 N–H and O–H groups in total. The topological polar surface area (TPSA) is 29.5 Å². The number of hydrogen-bond acceptors (Lipinski definition) is 2. The molecule has 0 unspecified atom stereocenters. The maximum atomic E-state index is 10.5. The van der Waals surface area contributed by atoms with Crippen molar-refractivity contribution < 1.29 is 9.84 Å². The van der Waals surface area contributed by atoms with Gasteiger partial charge < -0.3 is 9.84 Å². The lowest BCUT2D eigenvalue weighted by Gasteiger charge is -2.46. The van der Waals surface area contributed by atoms with Crippen molar-refractivity contribution in [2.45, 2.75) is 71.3 Å². The summed E-state index contributed by atoms with van der Waals surface area (Å²) in [5, 5.41) is 10.5. The molecule has 1 atom stereocenters. The Morgan fingerprint density at radius 1 is 1.24 bits per heavy atom. The summed E-state index contributed by atoms with van der Waals surface area (Å²) in [5.74, 6) is 0.958. The third-order valence-electron chi connectivity index (χ3n) is 5.31. The summed E-state index contributed by atoms with van der Waals surface area (Å²) in [6, 6.07) is 6.44. The molecular weight excluding hydrogens is 260 g/mol. The van der Waals surface area contributed by atoms with Crippen LogP contribution in [0.25, 0.3) is 0 Å². The minimum atomic E-state index is -0.684. The highest BCUT2D eigenvalue weighted by Crippen LogP contribution is 2.59. The Bertz CT molecular complexity index is 511. The van der Waals surface area contributed by atoms with E-state index in [4.69, 9.17) is 4.74 Å². The van der Waals surface area contributed by atoms with Crippen molar-refractivity contribution >= 4 is 0 Å². The van der Waals surface area contributed by atoms with Crippen LogP contribution in [0.15, 0.2) is 18.2 Å². The molecule has 118 valence electrons. The second-order valence-corrected chi connectivity index (χ2v) is 8.01. The van der Waals surface area contributed by atoms with Crippen LogP contribution < -0.4 is 4.74 Å². The standard InChI is InChI=1S/C19H30O2/c1-14-8-9-16(21-6)15(12-14)19(13-18(4,5)20)11-7-10-17(19,2)3/h8-9,12,20H,7,10-11,13H2,1-6H3/t19-/m1/s1. The molecule has 2 rings (SSSR count). The summed E-state index contributed by atoms with van der Waals surface area (Å²) in [5.41, 5.74) is 1.98. The molecule has 2 nitrogen and oxygen atoms in total. The molecule has 1 aromatic carbocycles. The smallest absolute Gasteiger partial charge is 0.122 e. The van der Waals surface area contributed by atoms with Crippen LogP contribution in [0.3, 0.4) is 0 Å². The Morgan fingerprint density at radius 2 is 1.90 bits per heavy atom. The van der Waals surface area contributed by atoms with E-state index in [-0.39, 0.29) is 10.8 Å². The third-order valence-corrected chi connectivity index (χ3v) is 5.31. The number of rotatable bonds is 4. The zero-order chi connectivity index (χ0) is 15.9. The summed E-state index contributed by atoms with van der Waals surface area (Å²) < 4.78 is 5.66. The number of aliphatic hydroxyl groups is 1. The second-order valence-electron chi connectivity index (χ2n) is 8.01. The van der Waals surface area contributed by atoms with E-state index in [9.17, 15) is 5.11 Å². The van der Waals surface area contributed by atoms with Gasteiger partial charge in [-0.1, -0.05) is 38.0 Å². The van der Waals surface area contributed by atoms with Crippen molar-refractivity contribution in [3.63, 3.8) is 0 Å². The molecule has 1 aliphatic carbocycles. The Hall–Kier alpha value is -1.02. The first kappa shape index (κ1) is 16.4. The minimum absolute atomic E-state index is 0.0252. The average molecular weight is 290 g/mol. The van der Waals surface area contributed by atoms with Crippen LogP contribution in [0.1, 0.15) is 64.5 Å². The quantitative estimate of drug-likeness (QED) is 0.877. The summed E-state index contributed by atoms with van der Waals surface area (Å²) >= 11 is 0. The highest BCUT2D eigenvalue weighted by Gasteiger charge is 2.52. The molecule has 1 fully saturated rings. The fourth-order valence-corrected chi connectivity index (χ4v) is 4.27. The van der Waals surface area contributed by atoms with Crippen molar-refractivity contribution in [1.82, 2.24) is 0 Å². The highest BCUT2D eigenvalue weighted by atomic mass is 16.5. The van der Waals surface area contributed by atoms with Crippen LogP contribution in [-0.2, 0) is 5.41 Å². The van der Waals surface area contributed by atoms with Gasteiger partial charge in [-0.25, -0.2) is 0 Å². The van der Waals surface area contributed by atoms with Gasteiger partial charge in [0.15, 0.2) is 0 Å². The molecule has 0 saturated heterocycles. The maximum absolute atomic E-state index is 10.5. The maximum Gasteiger partial charge on any atom is 0.122 e. The van der Waals surface area contributed by atoms with Gasteiger partial charge in [-0.3, -0.25) is 0 Å². The van der Waals surface area contributed by atoms with Crippen molar-refractivity contribution in [3.8, 4) is 5.75 Å². The number of aryl methyl sites for hydroxylation is 1. The predicted octanol–water partition coefficient (Wildman–Crippen LogP) is 4.61. The lowest BCUT2D eigenvalue weighted by molar-refractivity contribution is 0.0169. The van der Waals surface area contributed by atoms with Gasteiger partial charge in [0.05, 0.1) is 12.7 Å². The van der Waals surface area contributed by atoms with E-state index in [2.05, 4.69) is 39.0 Å². The molecule has 2 heteroatoms. The first-order valence-corrected chi connectivity index (χ1v) is 7.99. The number of ether oxygens (including phenoxy) is 1. The van der Waals surface area contributed by atoms with Crippen molar-refractivity contribution in [2.75, 3.05) is 7.11 Å². The number of methoxy groups -OCH3 is 1. The molecule has 0 aliphatic heterocycles. The fraction of sp³-hybridized carbons (Fsp3) is 0.684. The van der Waals surface area contributed by atoms with Gasteiger partial charge >= 0.3 is 0 Å². The van der Waals surface area contributed by atoms with Crippen molar-refractivity contribution in [2.24, 2.45) is 5.41 Å². The molecule has 0 heterocycles. The van der Waals surface area contributed by atoms with Crippen molar-refractivity contribution in [3.05, 3.63) is 29.3 Å². The summed E-state index contributed by atoms with van der Waals surface area (Å²) in [4.78, 5) is 0. The average Bonchev–Trinajstić information content (AvgIpc) is 2.63. The summed E-state index contributed by atoms with van der Waals surface area (Å²) in [6.07, 6.45) is 4.29. The lowest BCUT2D eigenvalue weighted by atomic mass is 9.59. The van der Waals surface area contributed by atoms with Crippen LogP contribution in [0, 0.1) is 12.3 Å². The van der Waals surface area contributed by atoms with Gasteiger partial charge in [0.1, 0.15) is 5.75 Å². The highest BCUT2D eigenvalue weighted by molar-refractivity contribution is 5.45. The van der Waals surface area contributed by atoms with E-state index in [1.165, 1.54) is 24.0 Å². The van der Waals surface area contributed by atoms with E-state index >= 15 is 0 Å². The van der Waals surface area contributed by atoms with Gasteiger partial charge in [-0.15, -0.1) is 0 Å². The molecule has 1 aromatic rings. The zero-order valence-corrected chi connectivity index (χ0v) is 14.4. The third kappa shape index (κ3) is 2.96. The normalized spacial score (nSPS) is 25.1. The summed E-state index contributed by atoms with van der Waals surface area (Å²) in [6.45, 7) is 10.7. The second kappa shape index (κ2) is 5.31. The van der Waals surface area contributed by atoms with Crippen LogP contribution in [0.4, 0.5) is 0 Å². The van der Waals surface area contributed by atoms with Gasteiger partial charge in [0, 0.05) is 11.0 Å². The molecule has 1 aliphatic rings. The Balaban J connectivity index is 2.64. The minimum Gasteiger partial charge on any atom is -0.496 e. The molecular formula is C19H30O2. The fourth-order valence-electron chi connectivity index (χ4n) is 4.27. The molecule has 0 bridgehead atoms. The van der Waals surface area contributed by atoms with E-state index in [0.29, 0.717) is 0 Å². The molecule has 0 spiro atoms. The lowest BCUT2D eigenvalue weighted by Crippen LogP contribution is -2.43. The largest absolute Gasteiger partial charge is 0.496 e. The SMILES string of the molecule is COc1ccc(C)cc1[C@]1(CC(C)(C)O)CCCC1(C)C. The first-order chi connectivity index (χ1) is 9.61. The van der Waals surface area contributed by atoms with Gasteiger partial charge in [-0.05, 0) is 51.5 Å².